The standard InChI is InChI=1S/C3H5I2/c1-3(5)2-4/h2-3H,1H3. The molecule has 0 amide bonds. The van der Waals surface area contributed by atoms with E-state index in [-0.39, 0.29) is 0 Å². The Hall–Kier alpha value is 1.46. The Kier molecular flexibility index (Phi) is 4.71. The first-order valence-electron chi connectivity index (χ1n) is 1.35. The molecule has 0 aromatic heterocycles. The average molecular weight is 295 g/mol. The Morgan fingerprint density at radius 2 is 2.00 bits per heavy atom. The van der Waals surface area contributed by atoms with Crippen LogP contribution in [0.25, 0.3) is 0 Å². The van der Waals surface area contributed by atoms with Crippen LogP contribution < -0.4 is 0 Å². The molecule has 1 atom stereocenters. The molecule has 31 valence electrons. The third-order valence-corrected chi connectivity index (χ3v) is 2.99. The van der Waals surface area contributed by atoms with Gasteiger partial charge in [-0.3, -0.25) is 0 Å². The average Bonchev–Trinajstić information content (AvgIpc) is 1.38. The SMILES string of the molecule is CC(I)[CH]I. The summed E-state index contributed by atoms with van der Waals surface area (Å²) in [6.45, 7) is 2.15. The van der Waals surface area contributed by atoms with E-state index in [1.165, 1.54) is 0 Å². The molecule has 0 bridgehead atoms. The lowest BCUT2D eigenvalue weighted by atomic mass is 10.6. The van der Waals surface area contributed by atoms with Gasteiger partial charge in [-0.15, -0.1) is 0 Å². The van der Waals surface area contributed by atoms with Crippen molar-refractivity contribution in [2.75, 3.05) is 0 Å². The smallest absolute Gasteiger partial charge is 0.0353 e. The minimum absolute atomic E-state index is 0.716. The molecule has 2 heteroatoms. The molecular weight excluding hydrogens is 290 g/mol. The highest BCUT2D eigenvalue weighted by Gasteiger charge is 1.85. The van der Waals surface area contributed by atoms with E-state index in [4.69, 9.17) is 0 Å². The number of hydrogen-bond acceptors (Lipinski definition) is 0. The Morgan fingerprint density at radius 1 is 1.80 bits per heavy atom. The number of halogens is 2. The zero-order valence-corrected chi connectivity index (χ0v) is 7.23. The number of rotatable bonds is 1. The maximum atomic E-state index is 2.34. The van der Waals surface area contributed by atoms with Gasteiger partial charge in [0.2, 0.25) is 0 Å². The van der Waals surface area contributed by atoms with Gasteiger partial charge in [0.15, 0.2) is 0 Å². The summed E-state index contributed by atoms with van der Waals surface area (Å²) in [5.74, 6) is 0. The van der Waals surface area contributed by atoms with Crippen molar-refractivity contribution in [2.24, 2.45) is 0 Å². The van der Waals surface area contributed by atoms with Crippen molar-refractivity contribution in [3.63, 3.8) is 0 Å². The van der Waals surface area contributed by atoms with Crippen LogP contribution in [0, 0.1) is 4.43 Å². The zero-order valence-electron chi connectivity index (χ0n) is 2.91. The van der Waals surface area contributed by atoms with Crippen molar-refractivity contribution in [1.82, 2.24) is 0 Å². The quantitative estimate of drug-likeness (QED) is 0.515. The van der Waals surface area contributed by atoms with Gasteiger partial charge in [0, 0.05) is 8.35 Å². The van der Waals surface area contributed by atoms with Crippen molar-refractivity contribution < 1.29 is 0 Å². The molecule has 0 N–H and O–H groups in total. The van der Waals surface area contributed by atoms with E-state index in [9.17, 15) is 0 Å². The van der Waals surface area contributed by atoms with Crippen LogP contribution in [0.2, 0.25) is 0 Å². The van der Waals surface area contributed by atoms with Crippen LogP contribution in [-0.4, -0.2) is 3.92 Å². The monoisotopic (exact) mass is 295 g/mol. The first kappa shape index (κ1) is 6.46. The lowest BCUT2D eigenvalue weighted by molar-refractivity contribution is 1.29. The molecule has 0 rings (SSSR count). The fourth-order valence-corrected chi connectivity index (χ4v) is 0. The minimum atomic E-state index is 0.716. The summed E-state index contributed by atoms with van der Waals surface area (Å²) < 4.78 is 2.84. The highest BCUT2D eigenvalue weighted by Crippen LogP contribution is 2.06. The highest BCUT2D eigenvalue weighted by atomic mass is 127. The molecule has 0 aliphatic rings. The largest absolute Gasteiger partial charge is 0.0817 e. The summed E-state index contributed by atoms with van der Waals surface area (Å²) in [4.78, 5) is 0. The molecule has 5 heavy (non-hydrogen) atoms. The van der Waals surface area contributed by atoms with Gasteiger partial charge in [0.25, 0.3) is 0 Å². The second-order valence-electron chi connectivity index (χ2n) is 0.804. The van der Waals surface area contributed by atoms with Gasteiger partial charge in [-0.25, -0.2) is 0 Å². The van der Waals surface area contributed by atoms with E-state index in [1.807, 2.05) is 0 Å². The molecule has 0 saturated carbocycles. The Morgan fingerprint density at radius 3 is 2.00 bits per heavy atom. The lowest BCUT2D eigenvalue weighted by Crippen LogP contribution is -1.78. The summed E-state index contributed by atoms with van der Waals surface area (Å²) in [6.07, 6.45) is 0. The summed E-state index contributed by atoms with van der Waals surface area (Å²) in [5.41, 5.74) is 0. The van der Waals surface area contributed by atoms with E-state index in [0.717, 1.165) is 0 Å². The molecule has 1 unspecified atom stereocenters. The molecule has 0 fully saturated rings. The summed E-state index contributed by atoms with van der Waals surface area (Å²) >= 11 is 4.59. The van der Waals surface area contributed by atoms with E-state index in [0.29, 0.717) is 3.92 Å². The second kappa shape index (κ2) is 3.64. The maximum Gasteiger partial charge on any atom is 0.0353 e. The Balaban J connectivity index is 2.54. The molecule has 0 aromatic carbocycles. The molecule has 0 heterocycles. The predicted octanol–water partition coefficient (Wildman–Crippen LogP) is 2.41. The first-order chi connectivity index (χ1) is 2.27. The van der Waals surface area contributed by atoms with Gasteiger partial charge >= 0.3 is 0 Å². The normalized spacial score (nSPS) is 15.0. The van der Waals surface area contributed by atoms with Crippen LogP contribution in [0.5, 0.6) is 0 Å². The van der Waals surface area contributed by atoms with E-state index >= 15 is 0 Å². The van der Waals surface area contributed by atoms with Gasteiger partial charge in [-0.2, -0.15) is 0 Å². The van der Waals surface area contributed by atoms with Crippen LogP contribution in [-0.2, 0) is 0 Å². The summed E-state index contributed by atoms with van der Waals surface area (Å²) in [6, 6.07) is 0. The van der Waals surface area contributed by atoms with Crippen molar-refractivity contribution in [2.45, 2.75) is 10.8 Å². The molecule has 0 saturated heterocycles. The van der Waals surface area contributed by atoms with Crippen molar-refractivity contribution in [1.29, 1.82) is 0 Å². The third-order valence-electron chi connectivity index (χ3n) is 0.174. The van der Waals surface area contributed by atoms with Crippen LogP contribution >= 0.6 is 45.2 Å². The number of alkyl halides is 1. The molecule has 0 nitrogen and oxygen atoms in total. The topological polar surface area (TPSA) is 0 Å². The summed E-state index contributed by atoms with van der Waals surface area (Å²) in [7, 11) is 0. The fraction of sp³-hybridized carbons (Fsp3) is 0.667. The molecule has 0 spiro atoms. The Labute approximate surface area is 60.0 Å². The third kappa shape index (κ3) is 5.46. The molecular formula is C3H5I2. The molecule has 0 aliphatic carbocycles. The second-order valence-corrected chi connectivity index (χ2v) is 3.49. The van der Waals surface area contributed by atoms with Crippen molar-refractivity contribution >= 4 is 45.2 Å². The van der Waals surface area contributed by atoms with Crippen molar-refractivity contribution in [3.05, 3.63) is 4.43 Å². The van der Waals surface area contributed by atoms with E-state index in [2.05, 4.69) is 56.5 Å². The van der Waals surface area contributed by atoms with Gasteiger partial charge in [-0.1, -0.05) is 52.1 Å². The van der Waals surface area contributed by atoms with E-state index in [1.54, 1.807) is 0 Å². The number of hydrogen-bond donors (Lipinski definition) is 0. The predicted molar refractivity (Wildman–Crippen MR) is 41.8 cm³/mol. The highest BCUT2D eigenvalue weighted by molar-refractivity contribution is 14.1. The molecule has 0 aliphatic heterocycles. The van der Waals surface area contributed by atoms with E-state index < -0.39 is 0 Å². The summed E-state index contributed by atoms with van der Waals surface area (Å²) in [5, 5.41) is 0. The van der Waals surface area contributed by atoms with Crippen molar-refractivity contribution in [3.8, 4) is 0 Å². The zero-order chi connectivity index (χ0) is 4.28. The minimum Gasteiger partial charge on any atom is -0.0817 e. The Bertz CT molecular complexity index is 18.9. The fourth-order valence-electron chi connectivity index (χ4n) is 0. The van der Waals surface area contributed by atoms with Gasteiger partial charge in [0.05, 0.1) is 0 Å². The van der Waals surface area contributed by atoms with Crippen LogP contribution in [0.4, 0.5) is 0 Å². The van der Waals surface area contributed by atoms with Crippen LogP contribution in [0.1, 0.15) is 6.92 Å². The molecule has 0 aromatic rings. The lowest BCUT2D eigenvalue weighted by Gasteiger charge is -1.85. The van der Waals surface area contributed by atoms with Crippen LogP contribution in [0.3, 0.4) is 0 Å². The van der Waals surface area contributed by atoms with Gasteiger partial charge < -0.3 is 0 Å². The first-order valence-corrected chi connectivity index (χ1v) is 3.84. The van der Waals surface area contributed by atoms with Gasteiger partial charge in [-0.05, 0) is 0 Å². The van der Waals surface area contributed by atoms with Gasteiger partial charge in [0.1, 0.15) is 0 Å². The molecule has 1 radical (unpaired) electrons. The maximum absolute atomic E-state index is 2.34. The van der Waals surface area contributed by atoms with Crippen LogP contribution in [0.15, 0.2) is 0 Å².